The molecule has 2 aromatic carbocycles. The van der Waals surface area contributed by atoms with E-state index in [-0.39, 0.29) is 17.8 Å². The van der Waals surface area contributed by atoms with Crippen LogP contribution in [-0.2, 0) is 30.8 Å². The summed E-state index contributed by atoms with van der Waals surface area (Å²) in [6.45, 7) is -0.290. The summed E-state index contributed by atoms with van der Waals surface area (Å²) < 4.78 is 66.3. The molecule has 2 heterocycles. The molecule has 6 nitrogen and oxygen atoms in total. The Hall–Kier alpha value is -2.88. The van der Waals surface area contributed by atoms with E-state index in [0.29, 0.717) is 17.7 Å². The number of benzene rings is 2. The molecule has 4 rings (SSSR count). The van der Waals surface area contributed by atoms with E-state index in [1.807, 2.05) is 0 Å². The van der Waals surface area contributed by atoms with Crippen molar-refractivity contribution in [1.29, 1.82) is 0 Å². The van der Waals surface area contributed by atoms with E-state index >= 15 is 0 Å². The molecule has 0 unspecified atom stereocenters. The minimum atomic E-state index is -4.38. The average molecular weight is 396 g/mol. The quantitative estimate of drug-likeness (QED) is 0.831. The molecule has 140 valence electrons. The van der Waals surface area contributed by atoms with Crippen LogP contribution in [0.4, 0.5) is 18.9 Å². The molecule has 1 N–H and O–H groups in total. The maximum absolute atomic E-state index is 13.8. The number of hydrogen-bond donors (Lipinski definition) is 1. The molecule has 2 amide bonds. The van der Waals surface area contributed by atoms with E-state index < -0.39 is 49.7 Å². The van der Waals surface area contributed by atoms with Crippen LogP contribution < -0.4 is 10.2 Å². The first-order valence-electron chi connectivity index (χ1n) is 7.75. The molecule has 0 aromatic heterocycles. The fraction of sp³-hybridized carbons (Fsp3) is 0.176. The molecule has 0 radical (unpaired) electrons. The van der Waals surface area contributed by atoms with Crippen molar-refractivity contribution in [3.05, 3.63) is 65.0 Å². The third-order valence-corrected chi connectivity index (χ3v) is 6.66. The van der Waals surface area contributed by atoms with Gasteiger partial charge in [-0.3, -0.25) is 9.59 Å². The summed E-state index contributed by atoms with van der Waals surface area (Å²) in [5.41, 5.74) is -0.264. The largest absolute Gasteiger partial charge is 0.325 e. The summed E-state index contributed by atoms with van der Waals surface area (Å²) >= 11 is 0. The second-order valence-electron chi connectivity index (χ2n) is 6.29. The first kappa shape index (κ1) is 17.5. The van der Waals surface area contributed by atoms with Crippen LogP contribution in [0.25, 0.3) is 0 Å². The molecule has 10 heteroatoms. The van der Waals surface area contributed by atoms with Gasteiger partial charge in [-0.05, 0) is 23.8 Å². The number of fused-ring (bicyclic) bond motifs is 2. The highest BCUT2D eigenvalue weighted by atomic mass is 32.2. The summed E-state index contributed by atoms with van der Waals surface area (Å²) in [4.78, 5) is 23.2. The minimum Gasteiger partial charge on any atom is -0.325 e. The third-order valence-electron chi connectivity index (χ3n) is 4.59. The number of nitrogens with one attached hydrogen (secondary N) is 1. The molecule has 1 fully saturated rings. The summed E-state index contributed by atoms with van der Waals surface area (Å²) in [5.74, 6) is -6.18. The summed E-state index contributed by atoms with van der Waals surface area (Å²) in [7, 11) is -4.38. The number of rotatable bonds is 2. The Morgan fingerprint density at radius 3 is 2.41 bits per heavy atom. The average Bonchev–Trinajstić information content (AvgIpc) is 2.94. The first-order valence-corrected chi connectivity index (χ1v) is 9.40. The smallest absolute Gasteiger partial charge is 0.273 e. The van der Waals surface area contributed by atoms with Crippen LogP contribution >= 0.6 is 0 Å². The molecule has 2 aliphatic heterocycles. The minimum absolute atomic E-state index is 0.200. The maximum Gasteiger partial charge on any atom is 0.273 e. The molecule has 1 saturated heterocycles. The number of anilines is 1. The van der Waals surface area contributed by atoms with Crippen LogP contribution in [0.15, 0.2) is 36.4 Å². The lowest BCUT2D eigenvalue weighted by molar-refractivity contribution is -0.126. The first-order chi connectivity index (χ1) is 12.7. The van der Waals surface area contributed by atoms with E-state index in [2.05, 4.69) is 5.32 Å². The maximum atomic E-state index is 13.8. The van der Waals surface area contributed by atoms with Crippen molar-refractivity contribution in [2.24, 2.45) is 0 Å². The highest BCUT2D eigenvalue weighted by molar-refractivity contribution is 7.94. The van der Waals surface area contributed by atoms with Crippen LogP contribution in [0, 0.1) is 17.5 Å². The van der Waals surface area contributed by atoms with Gasteiger partial charge in [0.2, 0.25) is 10.8 Å². The highest BCUT2D eigenvalue weighted by Crippen LogP contribution is 2.47. The van der Waals surface area contributed by atoms with Crippen LogP contribution in [-0.4, -0.2) is 26.0 Å². The molecule has 1 spiro atoms. The van der Waals surface area contributed by atoms with Crippen molar-refractivity contribution in [1.82, 2.24) is 5.32 Å². The van der Waals surface area contributed by atoms with Gasteiger partial charge in [0.05, 0.1) is 12.2 Å². The number of carbonyl (C=O) groups is 2. The van der Waals surface area contributed by atoms with Gasteiger partial charge in [0.25, 0.3) is 5.91 Å². The zero-order valence-corrected chi connectivity index (χ0v) is 14.3. The van der Waals surface area contributed by atoms with Gasteiger partial charge in [0.1, 0.15) is 11.6 Å². The molecular formula is C17H11F3N2O4S. The predicted octanol–water partition coefficient (Wildman–Crippen LogP) is 1.35. The molecule has 2 aliphatic rings. The Balaban J connectivity index is 1.93. The van der Waals surface area contributed by atoms with E-state index in [1.54, 1.807) is 0 Å². The van der Waals surface area contributed by atoms with E-state index in [0.717, 1.165) is 11.0 Å². The Morgan fingerprint density at radius 2 is 1.78 bits per heavy atom. The SMILES string of the molecule is O=C1CS(=O)(=O)[C@]2(N1)C(=O)N(Cc1cccc(F)c1)c1cc(F)c(F)cc12. The second kappa shape index (κ2) is 5.56. The number of nitrogens with zero attached hydrogens (tertiary/aromatic N) is 1. The van der Waals surface area contributed by atoms with E-state index in [1.165, 1.54) is 18.2 Å². The van der Waals surface area contributed by atoms with Gasteiger partial charge < -0.3 is 10.2 Å². The zero-order valence-electron chi connectivity index (χ0n) is 13.5. The van der Waals surface area contributed by atoms with Crippen LogP contribution in [0.2, 0.25) is 0 Å². The number of halogens is 3. The predicted molar refractivity (Wildman–Crippen MR) is 87.6 cm³/mol. The van der Waals surface area contributed by atoms with Gasteiger partial charge in [-0.15, -0.1) is 0 Å². The van der Waals surface area contributed by atoms with Crippen molar-refractivity contribution in [2.75, 3.05) is 10.7 Å². The zero-order chi connectivity index (χ0) is 19.6. The van der Waals surface area contributed by atoms with Crippen LogP contribution in [0.5, 0.6) is 0 Å². The molecule has 27 heavy (non-hydrogen) atoms. The van der Waals surface area contributed by atoms with Crippen molar-refractivity contribution in [2.45, 2.75) is 11.4 Å². The highest BCUT2D eigenvalue weighted by Gasteiger charge is 2.65. The molecule has 0 bridgehead atoms. The standard InChI is InChI=1S/C17H11F3N2O4S/c18-10-3-1-2-9(4-10)7-22-14-6-13(20)12(19)5-11(14)17(16(22)24)21-15(23)8-27(17,25)26/h1-6H,7-8H2,(H,21,23)/t17-/m0/s1. The molecule has 1 atom stereocenters. The van der Waals surface area contributed by atoms with Crippen molar-refractivity contribution < 1.29 is 31.2 Å². The fourth-order valence-corrected chi connectivity index (χ4v) is 5.22. The van der Waals surface area contributed by atoms with Gasteiger partial charge in [-0.2, -0.15) is 0 Å². The lowest BCUT2D eigenvalue weighted by Crippen LogP contribution is -2.51. The monoisotopic (exact) mass is 396 g/mol. The van der Waals surface area contributed by atoms with Gasteiger partial charge in [0.15, 0.2) is 21.5 Å². The van der Waals surface area contributed by atoms with Crippen LogP contribution in [0.1, 0.15) is 11.1 Å². The normalized spacial score (nSPS) is 23.0. The Labute approximate surface area is 151 Å². The lowest BCUT2D eigenvalue weighted by atomic mass is 10.1. The topological polar surface area (TPSA) is 83.5 Å². The molecule has 0 aliphatic carbocycles. The Bertz CT molecular complexity index is 1120. The molecule has 0 saturated carbocycles. The van der Waals surface area contributed by atoms with Crippen LogP contribution in [0.3, 0.4) is 0 Å². The van der Waals surface area contributed by atoms with E-state index in [9.17, 15) is 31.2 Å². The van der Waals surface area contributed by atoms with Crippen molar-refractivity contribution >= 4 is 27.3 Å². The second-order valence-corrected chi connectivity index (χ2v) is 8.42. The molecule has 2 aromatic rings. The fourth-order valence-electron chi connectivity index (χ4n) is 3.44. The summed E-state index contributed by atoms with van der Waals surface area (Å²) in [6, 6.07) is 6.47. The van der Waals surface area contributed by atoms with Crippen molar-refractivity contribution in [3.8, 4) is 0 Å². The number of carbonyl (C=O) groups excluding carboxylic acids is 2. The molecular weight excluding hydrogens is 385 g/mol. The van der Waals surface area contributed by atoms with E-state index in [4.69, 9.17) is 0 Å². The Kier molecular flexibility index (Phi) is 3.61. The van der Waals surface area contributed by atoms with Gasteiger partial charge in [0, 0.05) is 11.6 Å². The lowest BCUT2D eigenvalue weighted by Gasteiger charge is -2.22. The van der Waals surface area contributed by atoms with Gasteiger partial charge in [-0.25, -0.2) is 21.6 Å². The summed E-state index contributed by atoms with van der Waals surface area (Å²) in [6.07, 6.45) is 0. The third kappa shape index (κ3) is 2.36. The number of amides is 2. The van der Waals surface area contributed by atoms with Gasteiger partial charge >= 0.3 is 0 Å². The Morgan fingerprint density at radius 1 is 1.07 bits per heavy atom. The van der Waals surface area contributed by atoms with Crippen molar-refractivity contribution in [3.63, 3.8) is 0 Å². The van der Waals surface area contributed by atoms with Gasteiger partial charge in [-0.1, -0.05) is 12.1 Å². The summed E-state index contributed by atoms with van der Waals surface area (Å²) in [5, 5.41) is 2.12. The number of hydrogen-bond acceptors (Lipinski definition) is 4. The number of sulfone groups is 1.